The molecule has 1 atom stereocenters. The fourth-order valence-corrected chi connectivity index (χ4v) is 3.08. The Morgan fingerprint density at radius 2 is 2.36 bits per heavy atom. The van der Waals surface area contributed by atoms with E-state index < -0.39 is 9.84 Å². The Kier molecular flexibility index (Phi) is 2.67. The lowest BCUT2D eigenvalue weighted by molar-refractivity contribution is -0.675. The van der Waals surface area contributed by atoms with E-state index in [1.165, 1.54) is 0 Å². The van der Waals surface area contributed by atoms with Crippen molar-refractivity contribution in [2.45, 2.75) is 12.5 Å². The molecule has 1 fully saturated rings. The molecule has 0 aromatic heterocycles. The van der Waals surface area contributed by atoms with Gasteiger partial charge in [0.1, 0.15) is 11.8 Å². The van der Waals surface area contributed by atoms with Crippen LogP contribution in [0.25, 0.3) is 0 Å². The summed E-state index contributed by atoms with van der Waals surface area (Å²) in [7, 11) is -2.69. The highest BCUT2D eigenvalue weighted by atomic mass is 32.2. The van der Waals surface area contributed by atoms with Gasteiger partial charge in [-0.05, 0) is 6.08 Å². The first kappa shape index (κ1) is 8.74. The summed E-state index contributed by atoms with van der Waals surface area (Å²) in [6.07, 6.45) is 2.60. The fourth-order valence-electron chi connectivity index (χ4n) is 1.30. The zero-order chi connectivity index (χ0) is 8.32. The Morgan fingerprint density at radius 3 is 2.82 bits per heavy atom. The van der Waals surface area contributed by atoms with Crippen molar-refractivity contribution in [1.82, 2.24) is 0 Å². The van der Waals surface area contributed by atoms with Gasteiger partial charge < -0.3 is 5.32 Å². The Morgan fingerprint density at radius 1 is 1.64 bits per heavy atom. The molecule has 0 aliphatic carbocycles. The number of hydrogen-bond acceptors (Lipinski definition) is 2. The third-order valence-electron chi connectivity index (χ3n) is 1.90. The quantitative estimate of drug-likeness (QED) is 0.556. The van der Waals surface area contributed by atoms with E-state index in [0.717, 1.165) is 13.0 Å². The van der Waals surface area contributed by atoms with Gasteiger partial charge in [-0.2, -0.15) is 0 Å². The summed E-state index contributed by atoms with van der Waals surface area (Å²) >= 11 is 0. The summed E-state index contributed by atoms with van der Waals surface area (Å²) in [6.45, 7) is 4.40. The molecule has 64 valence electrons. The van der Waals surface area contributed by atoms with Crippen LogP contribution in [0.5, 0.6) is 0 Å². The van der Waals surface area contributed by atoms with Gasteiger partial charge in [0.25, 0.3) is 0 Å². The van der Waals surface area contributed by atoms with Crippen molar-refractivity contribution >= 4 is 9.84 Å². The smallest absolute Gasteiger partial charge is 0.156 e. The molecule has 3 nitrogen and oxygen atoms in total. The van der Waals surface area contributed by atoms with E-state index in [-0.39, 0.29) is 6.04 Å². The largest absolute Gasteiger partial charge is 0.340 e. The lowest BCUT2D eigenvalue weighted by Crippen LogP contribution is -2.90. The summed E-state index contributed by atoms with van der Waals surface area (Å²) < 4.78 is 21.9. The standard InChI is InChI=1S/C7H13NO2S/c1-2-4-8-7-3-5-11(9,10)6-7/h2,7-8H,1,3-6H2/p+1. The average molecular weight is 176 g/mol. The van der Waals surface area contributed by atoms with Gasteiger partial charge in [-0.15, -0.1) is 0 Å². The van der Waals surface area contributed by atoms with Crippen LogP contribution in [0.4, 0.5) is 0 Å². The van der Waals surface area contributed by atoms with Crippen LogP contribution >= 0.6 is 0 Å². The minimum Gasteiger partial charge on any atom is -0.340 e. The Balaban J connectivity index is 2.36. The van der Waals surface area contributed by atoms with Crippen LogP contribution < -0.4 is 5.32 Å². The number of sulfone groups is 1. The molecule has 1 aliphatic heterocycles. The second-order valence-electron chi connectivity index (χ2n) is 2.92. The normalized spacial score (nSPS) is 28.5. The maximum Gasteiger partial charge on any atom is 0.156 e. The van der Waals surface area contributed by atoms with E-state index in [2.05, 4.69) is 6.58 Å². The number of nitrogens with two attached hydrogens (primary N) is 1. The van der Waals surface area contributed by atoms with E-state index in [1.807, 2.05) is 5.32 Å². The minimum atomic E-state index is -2.69. The first-order valence-electron chi connectivity index (χ1n) is 3.79. The highest BCUT2D eigenvalue weighted by molar-refractivity contribution is 7.91. The molecule has 0 aromatic rings. The summed E-state index contributed by atoms with van der Waals surface area (Å²) in [4.78, 5) is 0. The van der Waals surface area contributed by atoms with Crippen LogP contribution in [0, 0.1) is 0 Å². The summed E-state index contributed by atoms with van der Waals surface area (Å²) in [5.74, 6) is 0.714. The topological polar surface area (TPSA) is 50.8 Å². The monoisotopic (exact) mass is 176 g/mol. The number of hydrogen-bond donors (Lipinski definition) is 1. The van der Waals surface area contributed by atoms with E-state index >= 15 is 0 Å². The van der Waals surface area contributed by atoms with Crippen molar-refractivity contribution in [1.29, 1.82) is 0 Å². The van der Waals surface area contributed by atoms with Crippen LogP contribution in [0.2, 0.25) is 0 Å². The molecule has 0 saturated carbocycles. The molecule has 0 aromatic carbocycles. The molecule has 1 aliphatic rings. The molecule has 0 bridgehead atoms. The second-order valence-corrected chi connectivity index (χ2v) is 5.15. The molecule has 11 heavy (non-hydrogen) atoms. The van der Waals surface area contributed by atoms with E-state index in [0.29, 0.717) is 11.5 Å². The number of rotatable bonds is 3. The van der Waals surface area contributed by atoms with E-state index in [4.69, 9.17) is 0 Å². The third-order valence-corrected chi connectivity index (χ3v) is 3.70. The van der Waals surface area contributed by atoms with Crippen LogP contribution in [-0.2, 0) is 9.84 Å². The second kappa shape index (κ2) is 3.36. The maximum absolute atomic E-state index is 11.0. The van der Waals surface area contributed by atoms with Gasteiger partial charge in [0.15, 0.2) is 9.84 Å². The molecule has 1 rings (SSSR count). The third kappa shape index (κ3) is 2.63. The Hall–Kier alpha value is -0.350. The Labute approximate surface area is 67.4 Å². The minimum absolute atomic E-state index is 0.276. The SMILES string of the molecule is C=CC[NH2+]C1CCS(=O)(=O)C1. The van der Waals surface area contributed by atoms with Crippen molar-refractivity contribution in [2.75, 3.05) is 18.1 Å². The highest BCUT2D eigenvalue weighted by Gasteiger charge is 2.29. The van der Waals surface area contributed by atoms with Crippen molar-refractivity contribution in [3.05, 3.63) is 12.7 Å². The number of quaternary nitrogens is 1. The molecular weight excluding hydrogens is 162 g/mol. The molecular formula is C7H14NO2S+. The van der Waals surface area contributed by atoms with Crippen LogP contribution in [0.3, 0.4) is 0 Å². The van der Waals surface area contributed by atoms with Gasteiger partial charge in [0.05, 0.1) is 12.3 Å². The predicted molar refractivity (Wildman–Crippen MR) is 44.0 cm³/mol. The van der Waals surface area contributed by atoms with Crippen LogP contribution in [0.15, 0.2) is 12.7 Å². The lowest BCUT2D eigenvalue weighted by atomic mass is 10.3. The van der Waals surface area contributed by atoms with Gasteiger partial charge >= 0.3 is 0 Å². The summed E-state index contributed by atoms with van der Waals surface area (Å²) in [5.41, 5.74) is 0. The summed E-state index contributed by atoms with van der Waals surface area (Å²) in [6, 6.07) is 0.276. The van der Waals surface area contributed by atoms with Crippen LogP contribution in [0.1, 0.15) is 6.42 Å². The molecule has 1 unspecified atom stereocenters. The van der Waals surface area contributed by atoms with Crippen molar-refractivity contribution < 1.29 is 13.7 Å². The maximum atomic E-state index is 11.0. The highest BCUT2D eigenvalue weighted by Crippen LogP contribution is 2.07. The molecule has 0 spiro atoms. The van der Waals surface area contributed by atoms with Crippen molar-refractivity contribution in [3.63, 3.8) is 0 Å². The van der Waals surface area contributed by atoms with Crippen LogP contribution in [-0.4, -0.2) is 32.5 Å². The first-order valence-corrected chi connectivity index (χ1v) is 5.61. The zero-order valence-corrected chi connectivity index (χ0v) is 7.31. The Bertz CT molecular complexity index is 233. The van der Waals surface area contributed by atoms with E-state index in [9.17, 15) is 8.42 Å². The molecule has 2 N–H and O–H groups in total. The predicted octanol–water partition coefficient (Wildman–Crippen LogP) is -1.08. The van der Waals surface area contributed by atoms with E-state index in [1.54, 1.807) is 6.08 Å². The molecule has 0 radical (unpaired) electrons. The van der Waals surface area contributed by atoms with Gasteiger partial charge in [-0.1, -0.05) is 6.58 Å². The zero-order valence-electron chi connectivity index (χ0n) is 6.49. The average Bonchev–Trinajstić information content (AvgIpc) is 2.26. The molecule has 0 amide bonds. The van der Waals surface area contributed by atoms with Crippen molar-refractivity contribution in [3.8, 4) is 0 Å². The molecule has 4 heteroatoms. The van der Waals surface area contributed by atoms with Crippen molar-refractivity contribution in [2.24, 2.45) is 0 Å². The van der Waals surface area contributed by atoms with Gasteiger partial charge in [0, 0.05) is 6.42 Å². The fraction of sp³-hybridized carbons (Fsp3) is 0.714. The first-order chi connectivity index (χ1) is 5.14. The summed E-state index contributed by atoms with van der Waals surface area (Å²) in [5, 5.41) is 2.04. The van der Waals surface area contributed by atoms with Gasteiger partial charge in [0.2, 0.25) is 0 Å². The lowest BCUT2D eigenvalue weighted by Gasteiger charge is -2.02. The van der Waals surface area contributed by atoms with Gasteiger partial charge in [-0.25, -0.2) is 8.42 Å². The van der Waals surface area contributed by atoms with Gasteiger partial charge in [-0.3, -0.25) is 0 Å². The molecule has 1 heterocycles. The molecule has 1 saturated heterocycles.